The van der Waals surface area contributed by atoms with Crippen molar-refractivity contribution in [2.45, 2.75) is 0 Å². The largest absolute Gasteiger partial charge is 0.310 e. The van der Waals surface area contributed by atoms with Gasteiger partial charge >= 0.3 is 0 Å². The number of para-hydroxylation sites is 4. The van der Waals surface area contributed by atoms with Crippen molar-refractivity contribution in [3.8, 4) is 28.2 Å². The minimum Gasteiger partial charge on any atom is -0.310 e. The van der Waals surface area contributed by atoms with Crippen molar-refractivity contribution in [2.24, 2.45) is 0 Å². The van der Waals surface area contributed by atoms with Gasteiger partial charge in [-0.15, -0.1) is 5.46 Å². The molecular formula is C48H36B5N3. The molecule has 0 unspecified atom stereocenters. The normalized spacial score (nSPS) is 11.9. The van der Waals surface area contributed by atoms with Crippen LogP contribution < -0.4 is 27.3 Å². The molecule has 3 heterocycles. The first-order chi connectivity index (χ1) is 27.4. The Morgan fingerprint density at radius 3 is 1.36 bits per heavy atom. The van der Waals surface area contributed by atoms with E-state index in [2.05, 4.69) is 211 Å². The summed E-state index contributed by atoms with van der Waals surface area (Å²) >= 11 is 0. The molecule has 8 heteroatoms. The molecule has 0 aliphatic rings. The zero-order chi connectivity index (χ0) is 37.8. The van der Waals surface area contributed by atoms with E-state index in [1.807, 2.05) is 0 Å². The van der Waals surface area contributed by atoms with E-state index in [0.29, 0.717) is 0 Å². The molecule has 0 aliphatic heterocycles. The molecule has 3 nitrogen and oxygen atoms in total. The molecule has 8 aromatic carbocycles. The lowest BCUT2D eigenvalue weighted by atomic mass is 9.61. The number of rotatable bonds is 4. The SMILES string of the molecule is Bc1c(B)c(B)c(-n2c3ccccc3c3c(-n4c5ccccc5c5cc(-c6ccc7c(c6)c6ccccc6n7-c6ccccc6)ccc54)cccc32)c(B)c1B. The van der Waals surface area contributed by atoms with Gasteiger partial charge in [0.25, 0.3) is 0 Å². The van der Waals surface area contributed by atoms with Crippen LogP contribution in [0.15, 0.2) is 158 Å². The molecule has 0 N–H and O–H groups in total. The van der Waals surface area contributed by atoms with Gasteiger partial charge in [0.05, 0.1) is 38.8 Å². The molecule has 11 rings (SSSR count). The van der Waals surface area contributed by atoms with Gasteiger partial charge in [0.2, 0.25) is 0 Å². The predicted molar refractivity (Wildman–Crippen MR) is 256 cm³/mol. The lowest BCUT2D eigenvalue weighted by Gasteiger charge is -2.22. The molecule has 3 aromatic heterocycles. The fourth-order valence-electron chi connectivity index (χ4n) is 9.66. The average molecular weight is 709 g/mol. The lowest BCUT2D eigenvalue weighted by molar-refractivity contribution is 1.18. The van der Waals surface area contributed by atoms with Crippen LogP contribution in [0.2, 0.25) is 0 Å². The van der Waals surface area contributed by atoms with Crippen LogP contribution in [-0.4, -0.2) is 52.9 Å². The Bertz CT molecular complexity index is 3400. The van der Waals surface area contributed by atoms with Crippen LogP contribution in [0.25, 0.3) is 93.6 Å². The van der Waals surface area contributed by atoms with Crippen LogP contribution in [0.1, 0.15) is 0 Å². The molecule has 0 bridgehead atoms. The molecule has 0 atom stereocenters. The second-order valence-electron chi connectivity index (χ2n) is 15.5. The van der Waals surface area contributed by atoms with Crippen molar-refractivity contribution >= 4 is 132 Å². The quantitative estimate of drug-likeness (QED) is 0.247. The maximum atomic E-state index is 2.52. The summed E-state index contributed by atoms with van der Waals surface area (Å²) in [6.07, 6.45) is 0. The van der Waals surface area contributed by atoms with Gasteiger partial charge in [-0.3, -0.25) is 0 Å². The van der Waals surface area contributed by atoms with E-state index in [1.54, 1.807) is 0 Å². The number of hydrogen-bond donors (Lipinski definition) is 0. The van der Waals surface area contributed by atoms with Gasteiger partial charge in [0, 0.05) is 43.7 Å². The van der Waals surface area contributed by atoms with E-state index in [-0.39, 0.29) is 0 Å². The van der Waals surface area contributed by atoms with Crippen LogP contribution >= 0.6 is 0 Å². The third kappa shape index (κ3) is 4.53. The first kappa shape index (κ1) is 32.9. The Kier molecular flexibility index (Phi) is 7.19. The van der Waals surface area contributed by atoms with Crippen molar-refractivity contribution in [1.29, 1.82) is 0 Å². The number of benzene rings is 8. The number of hydrogen-bond acceptors (Lipinski definition) is 0. The summed E-state index contributed by atoms with van der Waals surface area (Å²) in [5.41, 5.74) is 20.2. The molecule has 0 aliphatic carbocycles. The summed E-state index contributed by atoms with van der Waals surface area (Å²) in [6.45, 7) is 0. The van der Waals surface area contributed by atoms with Crippen LogP contribution in [0.5, 0.6) is 0 Å². The molecule has 11 aromatic rings. The van der Waals surface area contributed by atoms with Gasteiger partial charge in [-0.05, 0) is 77.9 Å². The molecule has 0 radical (unpaired) electrons. The Balaban J connectivity index is 1.15. The first-order valence-corrected chi connectivity index (χ1v) is 19.6. The molecule has 56 heavy (non-hydrogen) atoms. The van der Waals surface area contributed by atoms with Gasteiger partial charge in [-0.1, -0.05) is 113 Å². The fourth-order valence-corrected chi connectivity index (χ4v) is 9.66. The van der Waals surface area contributed by atoms with Gasteiger partial charge in [0.15, 0.2) is 0 Å². The zero-order valence-corrected chi connectivity index (χ0v) is 32.4. The average Bonchev–Trinajstić information content (AvgIpc) is 3.88. The van der Waals surface area contributed by atoms with Crippen molar-refractivity contribution < 1.29 is 0 Å². The minimum absolute atomic E-state index is 1.17. The van der Waals surface area contributed by atoms with Gasteiger partial charge < -0.3 is 13.7 Å². The highest BCUT2D eigenvalue weighted by molar-refractivity contribution is 6.68. The highest BCUT2D eigenvalue weighted by atomic mass is 15.0. The summed E-state index contributed by atoms with van der Waals surface area (Å²) in [4.78, 5) is 0. The van der Waals surface area contributed by atoms with E-state index >= 15 is 0 Å². The fraction of sp³-hybridized carbons (Fsp3) is 0. The van der Waals surface area contributed by atoms with Crippen LogP contribution in [0.4, 0.5) is 0 Å². The molecule has 0 spiro atoms. The Morgan fingerprint density at radius 2 is 0.750 bits per heavy atom. The zero-order valence-electron chi connectivity index (χ0n) is 32.4. The third-order valence-corrected chi connectivity index (χ3v) is 12.8. The standard InChI is InChI=1S/C48H36B5N3/c49-43-44(50)46(52)48(47(53)45(43)51)56-37-18-9-6-15-32(37)42-40(19-10-20-41(42)56)55-36-17-8-5-14-31(36)34-26-28(22-24-39(34)55)27-21-23-38-33(25-27)30-13-4-7-16-35(30)54(38)29-11-2-1-3-12-29/h1-26H,49-53H2. The second-order valence-corrected chi connectivity index (χ2v) is 15.5. The van der Waals surface area contributed by atoms with Crippen molar-refractivity contribution in [1.82, 2.24) is 13.7 Å². The monoisotopic (exact) mass is 709 g/mol. The van der Waals surface area contributed by atoms with E-state index in [1.165, 1.54) is 121 Å². The molecule has 258 valence electrons. The number of aromatic nitrogens is 3. The number of nitrogens with zero attached hydrogens (tertiary/aromatic N) is 3. The van der Waals surface area contributed by atoms with E-state index in [0.717, 1.165) is 0 Å². The summed E-state index contributed by atoms with van der Waals surface area (Å²) < 4.78 is 7.40. The minimum atomic E-state index is 1.17. The molecule has 0 fully saturated rings. The highest BCUT2D eigenvalue weighted by Gasteiger charge is 2.22. The summed E-state index contributed by atoms with van der Waals surface area (Å²) in [5.74, 6) is 0. The van der Waals surface area contributed by atoms with Crippen LogP contribution in [0, 0.1) is 0 Å². The summed E-state index contributed by atoms with van der Waals surface area (Å²) in [7, 11) is 11.4. The Hall–Kier alpha value is -6.52. The Labute approximate surface area is 330 Å². The maximum Gasteiger partial charge on any atom is 0.141 e. The van der Waals surface area contributed by atoms with Crippen LogP contribution in [0.3, 0.4) is 0 Å². The molecule has 0 amide bonds. The topological polar surface area (TPSA) is 14.8 Å². The molecule has 0 saturated carbocycles. The first-order valence-electron chi connectivity index (χ1n) is 19.6. The van der Waals surface area contributed by atoms with Crippen LogP contribution in [-0.2, 0) is 0 Å². The van der Waals surface area contributed by atoms with E-state index in [4.69, 9.17) is 0 Å². The third-order valence-electron chi connectivity index (χ3n) is 12.8. The van der Waals surface area contributed by atoms with E-state index in [9.17, 15) is 0 Å². The van der Waals surface area contributed by atoms with Crippen molar-refractivity contribution in [3.63, 3.8) is 0 Å². The van der Waals surface area contributed by atoms with E-state index < -0.39 is 0 Å². The predicted octanol–water partition coefficient (Wildman–Crippen LogP) is 3.94. The van der Waals surface area contributed by atoms with Crippen molar-refractivity contribution in [2.75, 3.05) is 0 Å². The summed E-state index contributed by atoms with van der Waals surface area (Å²) in [6, 6.07) is 58.1. The summed E-state index contributed by atoms with van der Waals surface area (Å²) in [5, 5.41) is 7.56. The van der Waals surface area contributed by atoms with Crippen molar-refractivity contribution in [3.05, 3.63) is 158 Å². The maximum absolute atomic E-state index is 2.52. The highest BCUT2D eigenvalue weighted by Crippen LogP contribution is 2.41. The smallest absolute Gasteiger partial charge is 0.141 e. The second kappa shape index (κ2) is 12.2. The lowest BCUT2D eigenvalue weighted by Crippen LogP contribution is -2.56. The van der Waals surface area contributed by atoms with Gasteiger partial charge in [0.1, 0.15) is 39.2 Å². The Morgan fingerprint density at radius 1 is 0.304 bits per heavy atom. The van der Waals surface area contributed by atoms with Gasteiger partial charge in [-0.25, -0.2) is 0 Å². The number of fused-ring (bicyclic) bond motifs is 9. The molecule has 0 saturated heterocycles. The molecular weight excluding hydrogens is 673 g/mol. The van der Waals surface area contributed by atoms with Gasteiger partial charge in [-0.2, -0.15) is 0 Å².